The van der Waals surface area contributed by atoms with E-state index in [0.29, 0.717) is 0 Å². The van der Waals surface area contributed by atoms with E-state index in [1.165, 1.54) is 32.1 Å². The maximum Gasteiger partial charge on any atom is 0.307 e. The quantitative estimate of drug-likeness (QED) is 0.696. The highest BCUT2D eigenvalue weighted by Gasteiger charge is 2.13. The van der Waals surface area contributed by atoms with E-state index in [2.05, 4.69) is 12.0 Å². The molecule has 0 aliphatic rings. The van der Waals surface area contributed by atoms with Gasteiger partial charge in [-0.2, -0.15) is 5.10 Å². The van der Waals surface area contributed by atoms with Crippen LogP contribution in [0.15, 0.2) is 0 Å². The standard InChI is InChI=1S/C15H26N2O2/c1-4-5-6-7-8-9-10-17-13(3)14(11-15(18)19)12(2)16-17/h4-11H2,1-3H3,(H,18,19). The molecule has 1 aromatic rings. The number of nitrogens with zero attached hydrogens (tertiary/aromatic N) is 2. The summed E-state index contributed by atoms with van der Waals surface area (Å²) in [6.45, 7) is 6.98. The Hall–Kier alpha value is -1.32. The van der Waals surface area contributed by atoms with Gasteiger partial charge in [0.2, 0.25) is 0 Å². The smallest absolute Gasteiger partial charge is 0.307 e. The fourth-order valence-electron chi connectivity index (χ4n) is 2.40. The Bertz CT molecular complexity index is 411. The van der Waals surface area contributed by atoms with Gasteiger partial charge in [0, 0.05) is 17.8 Å². The molecule has 0 spiro atoms. The minimum Gasteiger partial charge on any atom is -0.481 e. The van der Waals surface area contributed by atoms with Crippen LogP contribution in [0.4, 0.5) is 0 Å². The Morgan fingerprint density at radius 1 is 1.16 bits per heavy atom. The molecular formula is C15H26N2O2. The summed E-state index contributed by atoms with van der Waals surface area (Å²) in [7, 11) is 0. The first kappa shape index (κ1) is 15.7. The number of rotatable bonds is 9. The van der Waals surface area contributed by atoms with E-state index in [1.54, 1.807) is 0 Å². The fourth-order valence-corrected chi connectivity index (χ4v) is 2.40. The third-order valence-corrected chi connectivity index (χ3v) is 3.58. The lowest BCUT2D eigenvalue weighted by molar-refractivity contribution is -0.136. The van der Waals surface area contributed by atoms with Gasteiger partial charge in [0.1, 0.15) is 0 Å². The van der Waals surface area contributed by atoms with Gasteiger partial charge in [0.05, 0.1) is 12.1 Å². The molecule has 0 saturated carbocycles. The van der Waals surface area contributed by atoms with E-state index < -0.39 is 5.97 Å². The zero-order chi connectivity index (χ0) is 14.3. The first-order valence-electron chi connectivity index (χ1n) is 7.31. The molecule has 4 heteroatoms. The molecule has 1 rings (SSSR count). The number of hydrogen-bond acceptors (Lipinski definition) is 2. The third-order valence-electron chi connectivity index (χ3n) is 3.58. The first-order valence-corrected chi connectivity index (χ1v) is 7.31. The van der Waals surface area contributed by atoms with Gasteiger partial charge >= 0.3 is 5.97 Å². The number of unbranched alkanes of at least 4 members (excludes halogenated alkanes) is 5. The molecule has 108 valence electrons. The van der Waals surface area contributed by atoms with Crippen LogP contribution in [0.5, 0.6) is 0 Å². The van der Waals surface area contributed by atoms with Crippen LogP contribution in [-0.2, 0) is 17.8 Å². The summed E-state index contributed by atoms with van der Waals surface area (Å²) >= 11 is 0. The topological polar surface area (TPSA) is 55.1 Å². The Balaban J connectivity index is 2.44. The van der Waals surface area contributed by atoms with Crippen LogP contribution in [0.3, 0.4) is 0 Å². The molecule has 0 radical (unpaired) electrons. The molecule has 0 bridgehead atoms. The van der Waals surface area contributed by atoms with Gasteiger partial charge in [-0.1, -0.05) is 39.0 Å². The van der Waals surface area contributed by atoms with Crippen LogP contribution in [0.1, 0.15) is 62.4 Å². The maximum atomic E-state index is 10.8. The zero-order valence-corrected chi connectivity index (χ0v) is 12.4. The van der Waals surface area contributed by atoms with Crippen molar-refractivity contribution >= 4 is 5.97 Å². The van der Waals surface area contributed by atoms with Gasteiger partial charge in [-0.05, 0) is 20.3 Å². The molecule has 0 aliphatic carbocycles. The van der Waals surface area contributed by atoms with E-state index in [0.717, 1.165) is 29.9 Å². The number of aliphatic carboxylic acids is 1. The molecule has 19 heavy (non-hydrogen) atoms. The van der Waals surface area contributed by atoms with Crippen molar-refractivity contribution in [2.24, 2.45) is 0 Å². The molecular weight excluding hydrogens is 240 g/mol. The summed E-state index contributed by atoms with van der Waals surface area (Å²) in [6, 6.07) is 0. The van der Waals surface area contributed by atoms with Gasteiger partial charge in [-0.3, -0.25) is 9.48 Å². The van der Waals surface area contributed by atoms with Crippen molar-refractivity contribution in [3.8, 4) is 0 Å². The third kappa shape index (κ3) is 5.05. The molecule has 1 heterocycles. The van der Waals surface area contributed by atoms with Crippen molar-refractivity contribution in [2.45, 2.75) is 72.3 Å². The first-order chi connectivity index (χ1) is 9.06. The minimum atomic E-state index is -0.787. The highest BCUT2D eigenvalue weighted by Crippen LogP contribution is 2.15. The van der Waals surface area contributed by atoms with E-state index in [9.17, 15) is 4.79 Å². The van der Waals surface area contributed by atoms with Gasteiger partial charge < -0.3 is 5.11 Å². The number of hydrogen-bond donors (Lipinski definition) is 1. The normalized spacial score (nSPS) is 10.9. The van der Waals surface area contributed by atoms with Crippen LogP contribution in [0, 0.1) is 13.8 Å². The summed E-state index contributed by atoms with van der Waals surface area (Å²) in [6.07, 6.45) is 7.63. The monoisotopic (exact) mass is 266 g/mol. The van der Waals surface area contributed by atoms with Crippen molar-refractivity contribution in [1.82, 2.24) is 9.78 Å². The summed E-state index contributed by atoms with van der Waals surface area (Å²) in [5, 5.41) is 13.3. The largest absolute Gasteiger partial charge is 0.481 e. The van der Waals surface area contributed by atoms with Crippen molar-refractivity contribution < 1.29 is 9.90 Å². The number of carboxylic acid groups (broad SMARTS) is 1. The molecule has 0 atom stereocenters. The molecule has 0 saturated heterocycles. The second-order valence-electron chi connectivity index (χ2n) is 5.21. The van der Waals surface area contributed by atoms with Crippen molar-refractivity contribution in [3.05, 3.63) is 17.0 Å². The molecule has 0 aliphatic heterocycles. The Labute approximate surface area is 115 Å². The predicted octanol–water partition coefficient (Wildman–Crippen LogP) is 3.49. The average molecular weight is 266 g/mol. The summed E-state index contributed by atoms with van der Waals surface area (Å²) in [4.78, 5) is 10.8. The van der Waals surface area contributed by atoms with Gasteiger partial charge in [0.15, 0.2) is 0 Å². The van der Waals surface area contributed by atoms with Crippen LogP contribution >= 0.6 is 0 Å². The lowest BCUT2D eigenvalue weighted by Crippen LogP contribution is -2.05. The zero-order valence-electron chi connectivity index (χ0n) is 12.4. The molecule has 0 unspecified atom stereocenters. The van der Waals surface area contributed by atoms with E-state index in [1.807, 2.05) is 18.5 Å². The number of carbonyl (C=O) groups is 1. The Morgan fingerprint density at radius 2 is 1.79 bits per heavy atom. The van der Waals surface area contributed by atoms with Gasteiger partial charge in [-0.25, -0.2) is 0 Å². The lowest BCUT2D eigenvalue weighted by Gasteiger charge is -2.05. The van der Waals surface area contributed by atoms with Crippen molar-refractivity contribution in [3.63, 3.8) is 0 Å². The predicted molar refractivity (Wildman–Crippen MR) is 76.4 cm³/mol. The lowest BCUT2D eigenvalue weighted by atomic mass is 10.1. The SMILES string of the molecule is CCCCCCCCn1nc(C)c(CC(=O)O)c1C. The van der Waals surface area contributed by atoms with Gasteiger partial charge in [0.25, 0.3) is 0 Å². The Morgan fingerprint density at radius 3 is 2.42 bits per heavy atom. The highest BCUT2D eigenvalue weighted by atomic mass is 16.4. The number of aryl methyl sites for hydroxylation is 2. The average Bonchev–Trinajstić information content (AvgIpc) is 2.61. The fraction of sp³-hybridized carbons (Fsp3) is 0.733. The van der Waals surface area contributed by atoms with Gasteiger partial charge in [-0.15, -0.1) is 0 Å². The van der Waals surface area contributed by atoms with Crippen molar-refractivity contribution in [2.75, 3.05) is 0 Å². The second kappa shape index (κ2) is 7.97. The van der Waals surface area contributed by atoms with E-state index >= 15 is 0 Å². The van der Waals surface area contributed by atoms with Crippen LogP contribution in [0.25, 0.3) is 0 Å². The minimum absolute atomic E-state index is 0.0775. The molecule has 0 aromatic carbocycles. The van der Waals surface area contributed by atoms with Crippen molar-refractivity contribution in [1.29, 1.82) is 0 Å². The molecule has 1 N–H and O–H groups in total. The van der Waals surface area contributed by atoms with E-state index in [-0.39, 0.29) is 6.42 Å². The summed E-state index contributed by atoms with van der Waals surface area (Å²) in [5.41, 5.74) is 2.73. The second-order valence-corrected chi connectivity index (χ2v) is 5.21. The molecule has 0 amide bonds. The number of aromatic nitrogens is 2. The van der Waals surface area contributed by atoms with E-state index in [4.69, 9.17) is 5.11 Å². The summed E-state index contributed by atoms with van der Waals surface area (Å²) < 4.78 is 1.97. The molecule has 4 nitrogen and oxygen atoms in total. The summed E-state index contributed by atoms with van der Waals surface area (Å²) in [5.74, 6) is -0.787. The number of carboxylic acids is 1. The van der Waals surface area contributed by atoms with Crippen LogP contribution < -0.4 is 0 Å². The maximum absolute atomic E-state index is 10.8. The van der Waals surface area contributed by atoms with Crippen LogP contribution in [-0.4, -0.2) is 20.9 Å². The van der Waals surface area contributed by atoms with Crippen LogP contribution in [0.2, 0.25) is 0 Å². The molecule has 0 fully saturated rings. The molecule has 1 aromatic heterocycles. The Kier molecular flexibility index (Phi) is 6.60. The highest BCUT2D eigenvalue weighted by molar-refractivity contribution is 5.70.